The van der Waals surface area contributed by atoms with Crippen LogP contribution in [-0.2, 0) is 11.2 Å². The maximum absolute atomic E-state index is 12.5. The summed E-state index contributed by atoms with van der Waals surface area (Å²) in [5, 5.41) is 6.74. The van der Waals surface area contributed by atoms with Crippen LogP contribution in [0.15, 0.2) is 47.1 Å². The zero-order chi connectivity index (χ0) is 18.6. The summed E-state index contributed by atoms with van der Waals surface area (Å²) in [6, 6.07) is 12.2. The standard InChI is InChI=1S/C20H23N5O2/c1-15-2-4-16(5-3-15)18-8-6-17(27-18)7-9-19(26)24-10-12-25(13-11-24)20-21-14-22-23-20/h2-6,8,14H,7,9-13H2,1H3,(H,21,22,23). The average Bonchev–Trinajstić information content (AvgIpc) is 3.39. The van der Waals surface area contributed by atoms with Crippen LogP contribution in [-0.4, -0.2) is 52.2 Å². The smallest absolute Gasteiger partial charge is 0.223 e. The molecule has 3 aromatic rings. The van der Waals surface area contributed by atoms with E-state index in [1.165, 1.54) is 11.9 Å². The van der Waals surface area contributed by atoms with E-state index in [9.17, 15) is 4.79 Å². The van der Waals surface area contributed by atoms with Crippen LogP contribution in [0.4, 0.5) is 5.95 Å². The number of hydrogen-bond donors (Lipinski definition) is 1. The Morgan fingerprint density at radius 3 is 2.59 bits per heavy atom. The molecule has 7 heteroatoms. The molecule has 1 saturated heterocycles. The lowest BCUT2D eigenvalue weighted by Crippen LogP contribution is -2.49. The zero-order valence-electron chi connectivity index (χ0n) is 15.4. The van der Waals surface area contributed by atoms with E-state index < -0.39 is 0 Å². The zero-order valence-corrected chi connectivity index (χ0v) is 15.4. The minimum Gasteiger partial charge on any atom is -0.461 e. The van der Waals surface area contributed by atoms with Gasteiger partial charge in [-0.2, -0.15) is 10.1 Å². The summed E-state index contributed by atoms with van der Waals surface area (Å²) in [4.78, 5) is 20.7. The van der Waals surface area contributed by atoms with Crippen molar-refractivity contribution in [2.45, 2.75) is 19.8 Å². The van der Waals surface area contributed by atoms with E-state index in [0.29, 0.717) is 25.9 Å². The molecule has 0 atom stereocenters. The van der Waals surface area contributed by atoms with Gasteiger partial charge in [0.15, 0.2) is 0 Å². The third kappa shape index (κ3) is 4.02. The summed E-state index contributed by atoms with van der Waals surface area (Å²) in [5.41, 5.74) is 2.28. The molecule has 3 heterocycles. The van der Waals surface area contributed by atoms with Gasteiger partial charge in [-0.05, 0) is 19.1 Å². The molecule has 4 rings (SSSR count). The summed E-state index contributed by atoms with van der Waals surface area (Å²) in [7, 11) is 0. The minimum atomic E-state index is 0.167. The van der Waals surface area contributed by atoms with E-state index in [0.717, 1.165) is 36.1 Å². The van der Waals surface area contributed by atoms with Crippen molar-refractivity contribution in [3.63, 3.8) is 0 Å². The highest BCUT2D eigenvalue weighted by molar-refractivity contribution is 5.76. The molecule has 2 aromatic heterocycles. The fraction of sp³-hybridized carbons (Fsp3) is 0.350. The van der Waals surface area contributed by atoms with Crippen molar-refractivity contribution < 1.29 is 9.21 Å². The van der Waals surface area contributed by atoms with E-state index in [4.69, 9.17) is 4.42 Å². The van der Waals surface area contributed by atoms with Gasteiger partial charge in [-0.3, -0.25) is 4.79 Å². The molecule has 1 aliphatic heterocycles. The normalized spacial score (nSPS) is 14.6. The van der Waals surface area contributed by atoms with Gasteiger partial charge in [-0.25, -0.2) is 5.10 Å². The van der Waals surface area contributed by atoms with Gasteiger partial charge in [0.1, 0.15) is 17.8 Å². The van der Waals surface area contributed by atoms with E-state index >= 15 is 0 Å². The maximum Gasteiger partial charge on any atom is 0.223 e. The summed E-state index contributed by atoms with van der Waals surface area (Å²) in [6.45, 7) is 4.99. The number of aromatic nitrogens is 3. The molecular formula is C20H23N5O2. The number of amides is 1. The number of H-pyrrole nitrogens is 1. The highest BCUT2D eigenvalue weighted by atomic mass is 16.3. The number of hydrogen-bond acceptors (Lipinski definition) is 5. The Morgan fingerprint density at radius 2 is 1.89 bits per heavy atom. The predicted molar refractivity (Wildman–Crippen MR) is 102 cm³/mol. The van der Waals surface area contributed by atoms with E-state index in [-0.39, 0.29) is 5.91 Å². The van der Waals surface area contributed by atoms with Crippen LogP contribution in [0, 0.1) is 6.92 Å². The molecule has 0 radical (unpaired) electrons. The van der Waals surface area contributed by atoms with Gasteiger partial charge >= 0.3 is 0 Å². The molecule has 140 valence electrons. The number of nitrogens with one attached hydrogen (secondary N) is 1. The Balaban J connectivity index is 1.28. The fourth-order valence-electron chi connectivity index (χ4n) is 3.29. The van der Waals surface area contributed by atoms with Gasteiger partial charge in [0.05, 0.1) is 0 Å². The van der Waals surface area contributed by atoms with Crippen molar-refractivity contribution in [3.8, 4) is 11.3 Å². The lowest BCUT2D eigenvalue weighted by molar-refractivity contribution is -0.131. The van der Waals surface area contributed by atoms with Crippen LogP contribution in [0.1, 0.15) is 17.7 Å². The van der Waals surface area contributed by atoms with Crippen LogP contribution < -0.4 is 4.90 Å². The molecular weight excluding hydrogens is 342 g/mol. The van der Waals surface area contributed by atoms with Gasteiger partial charge in [0.2, 0.25) is 11.9 Å². The second-order valence-corrected chi connectivity index (χ2v) is 6.81. The monoisotopic (exact) mass is 365 g/mol. The molecule has 0 bridgehead atoms. The number of piperazine rings is 1. The first-order valence-electron chi connectivity index (χ1n) is 9.23. The van der Waals surface area contributed by atoms with Crippen molar-refractivity contribution in [2.24, 2.45) is 0 Å². The van der Waals surface area contributed by atoms with Crippen molar-refractivity contribution >= 4 is 11.9 Å². The molecule has 1 N–H and O–H groups in total. The summed E-state index contributed by atoms with van der Waals surface area (Å²) < 4.78 is 5.92. The number of aromatic amines is 1. The van der Waals surface area contributed by atoms with Gasteiger partial charge in [0.25, 0.3) is 0 Å². The average molecular weight is 365 g/mol. The van der Waals surface area contributed by atoms with Gasteiger partial charge in [-0.1, -0.05) is 29.8 Å². The molecule has 1 aliphatic rings. The Kier molecular flexibility index (Phi) is 4.91. The first kappa shape index (κ1) is 17.3. The highest BCUT2D eigenvalue weighted by Crippen LogP contribution is 2.23. The molecule has 1 fully saturated rings. The number of carbonyl (C=O) groups excluding carboxylic acids is 1. The first-order chi connectivity index (χ1) is 13.2. The Morgan fingerprint density at radius 1 is 1.11 bits per heavy atom. The number of aryl methyl sites for hydroxylation is 2. The number of rotatable bonds is 5. The SMILES string of the molecule is Cc1ccc(-c2ccc(CCC(=O)N3CCN(c4ncn[nH]4)CC3)o2)cc1. The number of anilines is 1. The third-order valence-electron chi connectivity index (χ3n) is 4.92. The van der Waals surface area contributed by atoms with Crippen molar-refractivity contribution in [3.05, 3.63) is 54.0 Å². The maximum atomic E-state index is 12.5. The van der Waals surface area contributed by atoms with Crippen LogP contribution in [0.2, 0.25) is 0 Å². The largest absolute Gasteiger partial charge is 0.461 e. The van der Waals surface area contributed by atoms with Crippen LogP contribution >= 0.6 is 0 Å². The van der Waals surface area contributed by atoms with Crippen molar-refractivity contribution in [2.75, 3.05) is 31.1 Å². The van der Waals surface area contributed by atoms with Gasteiger partial charge in [0, 0.05) is 44.6 Å². The molecule has 0 saturated carbocycles. The summed E-state index contributed by atoms with van der Waals surface area (Å²) in [5.74, 6) is 2.62. The molecule has 0 spiro atoms. The molecule has 1 aromatic carbocycles. The number of nitrogens with zero attached hydrogens (tertiary/aromatic N) is 4. The fourth-order valence-corrected chi connectivity index (χ4v) is 3.29. The second kappa shape index (κ2) is 7.65. The van der Waals surface area contributed by atoms with Crippen LogP contribution in [0.5, 0.6) is 0 Å². The first-order valence-corrected chi connectivity index (χ1v) is 9.23. The molecule has 0 unspecified atom stereocenters. The van der Waals surface area contributed by atoms with Crippen LogP contribution in [0.25, 0.3) is 11.3 Å². The minimum absolute atomic E-state index is 0.167. The van der Waals surface area contributed by atoms with E-state index in [1.54, 1.807) is 0 Å². The molecule has 7 nitrogen and oxygen atoms in total. The second-order valence-electron chi connectivity index (χ2n) is 6.81. The lowest BCUT2D eigenvalue weighted by atomic mass is 10.1. The molecule has 27 heavy (non-hydrogen) atoms. The number of benzene rings is 1. The van der Waals surface area contributed by atoms with Crippen molar-refractivity contribution in [1.82, 2.24) is 20.1 Å². The summed E-state index contributed by atoms with van der Waals surface area (Å²) >= 11 is 0. The van der Waals surface area contributed by atoms with Crippen LogP contribution in [0.3, 0.4) is 0 Å². The van der Waals surface area contributed by atoms with E-state index in [1.807, 2.05) is 17.0 Å². The van der Waals surface area contributed by atoms with Gasteiger partial charge in [-0.15, -0.1) is 0 Å². The Hall–Kier alpha value is -3.09. The predicted octanol–water partition coefficient (Wildman–Crippen LogP) is 2.65. The quantitative estimate of drug-likeness (QED) is 0.752. The number of carbonyl (C=O) groups is 1. The van der Waals surface area contributed by atoms with E-state index in [2.05, 4.69) is 51.3 Å². The topological polar surface area (TPSA) is 78.3 Å². The molecule has 1 amide bonds. The third-order valence-corrected chi connectivity index (χ3v) is 4.92. The molecule has 0 aliphatic carbocycles. The highest BCUT2D eigenvalue weighted by Gasteiger charge is 2.22. The van der Waals surface area contributed by atoms with Crippen molar-refractivity contribution in [1.29, 1.82) is 0 Å². The lowest BCUT2D eigenvalue weighted by Gasteiger charge is -2.34. The Labute approximate surface area is 158 Å². The summed E-state index contributed by atoms with van der Waals surface area (Å²) in [6.07, 6.45) is 2.58. The van der Waals surface area contributed by atoms with Gasteiger partial charge < -0.3 is 14.2 Å². The Bertz CT molecular complexity index is 878. The number of furan rings is 1.